The first-order valence-electron chi connectivity index (χ1n) is 5.59. The number of halogens is 1. The molecular weight excluding hydrogens is 266 g/mol. The molecule has 0 unspecified atom stereocenters. The summed E-state index contributed by atoms with van der Waals surface area (Å²) in [4.78, 5) is 14.0. The van der Waals surface area contributed by atoms with Crippen LogP contribution >= 0.6 is 15.9 Å². The van der Waals surface area contributed by atoms with Crippen LogP contribution in [0.15, 0.2) is 22.7 Å². The summed E-state index contributed by atoms with van der Waals surface area (Å²) in [5.74, 6) is 0.847. The van der Waals surface area contributed by atoms with Crippen molar-refractivity contribution in [1.29, 1.82) is 0 Å². The van der Waals surface area contributed by atoms with Gasteiger partial charge in [-0.1, -0.05) is 11.6 Å². The molecule has 0 aliphatic heterocycles. The number of carbonyl (C=O) groups is 1. The van der Waals surface area contributed by atoms with E-state index in [0.717, 1.165) is 28.1 Å². The van der Waals surface area contributed by atoms with Crippen LogP contribution in [0.4, 0.5) is 0 Å². The maximum absolute atomic E-state index is 12.2. The summed E-state index contributed by atoms with van der Waals surface area (Å²) in [5, 5.41) is 0. The van der Waals surface area contributed by atoms with Gasteiger partial charge in [-0.2, -0.15) is 0 Å². The first kappa shape index (κ1) is 11.6. The van der Waals surface area contributed by atoms with Gasteiger partial charge in [0.15, 0.2) is 0 Å². The maximum atomic E-state index is 12.2. The van der Waals surface area contributed by atoms with E-state index in [9.17, 15) is 4.79 Å². The van der Waals surface area contributed by atoms with E-state index in [0.29, 0.717) is 0 Å². The molecule has 1 amide bonds. The molecule has 16 heavy (non-hydrogen) atoms. The molecule has 2 nitrogen and oxygen atoms in total. The Morgan fingerprint density at radius 3 is 2.81 bits per heavy atom. The van der Waals surface area contributed by atoms with Crippen LogP contribution in [0.2, 0.25) is 0 Å². The molecule has 1 aliphatic carbocycles. The van der Waals surface area contributed by atoms with E-state index < -0.39 is 0 Å². The Morgan fingerprint density at radius 1 is 1.50 bits per heavy atom. The van der Waals surface area contributed by atoms with Crippen molar-refractivity contribution in [1.82, 2.24) is 4.90 Å². The standard InChI is InChI=1S/C13H16BrNO/c1-9-3-6-12(14)11(7-9)13(16)15(2)8-10-4-5-10/h3,6-7,10H,4-5,8H2,1-2H3. The van der Waals surface area contributed by atoms with E-state index >= 15 is 0 Å². The topological polar surface area (TPSA) is 20.3 Å². The summed E-state index contributed by atoms with van der Waals surface area (Å²) >= 11 is 3.43. The summed E-state index contributed by atoms with van der Waals surface area (Å²) < 4.78 is 0.880. The predicted molar refractivity (Wildman–Crippen MR) is 68.6 cm³/mol. The third-order valence-corrected chi connectivity index (χ3v) is 3.62. The molecule has 0 heterocycles. The molecule has 1 aromatic carbocycles. The Morgan fingerprint density at radius 2 is 2.19 bits per heavy atom. The van der Waals surface area contributed by atoms with E-state index in [-0.39, 0.29) is 5.91 Å². The van der Waals surface area contributed by atoms with Gasteiger partial charge in [0, 0.05) is 18.1 Å². The number of hydrogen-bond acceptors (Lipinski definition) is 1. The fourth-order valence-electron chi connectivity index (χ4n) is 1.78. The van der Waals surface area contributed by atoms with Crippen LogP contribution in [0.25, 0.3) is 0 Å². The van der Waals surface area contributed by atoms with Gasteiger partial charge in [-0.05, 0) is 53.7 Å². The smallest absolute Gasteiger partial charge is 0.254 e. The van der Waals surface area contributed by atoms with Crippen LogP contribution in [0, 0.1) is 12.8 Å². The molecule has 0 N–H and O–H groups in total. The summed E-state index contributed by atoms with van der Waals surface area (Å²) in [6, 6.07) is 5.88. The van der Waals surface area contributed by atoms with Gasteiger partial charge in [-0.25, -0.2) is 0 Å². The number of nitrogens with zero attached hydrogens (tertiary/aromatic N) is 1. The Labute approximate surface area is 105 Å². The highest BCUT2D eigenvalue weighted by atomic mass is 79.9. The van der Waals surface area contributed by atoms with Crippen molar-refractivity contribution in [2.24, 2.45) is 5.92 Å². The van der Waals surface area contributed by atoms with Crippen molar-refractivity contribution in [2.75, 3.05) is 13.6 Å². The predicted octanol–water partition coefficient (Wildman–Crippen LogP) is 3.24. The molecule has 3 heteroatoms. The van der Waals surface area contributed by atoms with E-state index in [1.54, 1.807) is 0 Å². The molecule has 1 fully saturated rings. The first-order chi connectivity index (χ1) is 7.58. The molecule has 2 rings (SSSR count). The lowest BCUT2D eigenvalue weighted by atomic mass is 10.1. The van der Waals surface area contributed by atoms with E-state index in [4.69, 9.17) is 0 Å². The number of hydrogen-bond donors (Lipinski definition) is 0. The Hall–Kier alpha value is -0.830. The highest BCUT2D eigenvalue weighted by Gasteiger charge is 2.25. The van der Waals surface area contributed by atoms with E-state index in [2.05, 4.69) is 15.9 Å². The minimum Gasteiger partial charge on any atom is -0.341 e. The minimum atomic E-state index is 0.113. The molecule has 0 aromatic heterocycles. The summed E-state index contributed by atoms with van der Waals surface area (Å²) in [7, 11) is 1.88. The van der Waals surface area contributed by atoms with Gasteiger partial charge in [0.2, 0.25) is 0 Å². The molecule has 1 aliphatic rings. The van der Waals surface area contributed by atoms with Gasteiger partial charge < -0.3 is 4.90 Å². The van der Waals surface area contributed by atoms with Crippen molar-refractivity contribution in [2.45, 2.75) is 19.8 Å². The second kappa shape index (κ2) is 4.58. The highest BCUT2D eigenvalue weighted by Crippen LogP contribution is 2.30. The Balaban J connectivity index is 2.14. The first-order valence-corrected chi connectivity index (χ1v) is 6.39. The molecule has 0 spiro atoms. The van der Waals surface area contributed by atoms with Crippen molar-refractivity contribution < 1.29 is 4.79 Å². The fraction of sp³-hybridized carbons (Fsp3) is 0.462. The third kappa shape index (κ3) is 2.64. The lowest BCUT2D eigenvalue weighted by Gasteiger charge is -2.17. The second-order valence-corrected chi connectivity index (χ2v) is 5.47. The summed E-state index contributed by atoms with van der Waals surface area (Å²) in [6.45, 7) is 2.89. The molecule has 1 aromatic rings. The Kier molecular flexibility index (Phi) is 3.33. The quantitative estimate of drug-likeness (QED) is 0.833. The zero-order chi connectivity index (χ0) is 11.7. The van der Waals surface area contributed by atoms with Crippen molar-refractivity contribution >= 4 is 21.8 Å². The van der Waals surface area contributed by atoms with Gasteiger partial charge in [-0.3, -0.25) is 4.79 Å². The molecule has 0 radical (unpaired) electrons. The van der Waals surface area contributed by atoms with Crippen molar-refractivity contribution in [3.63, 3.8) is 0 Å². The molecule has 86 valence electrons. The van der Waals surface area contributed by atoms with Crippen LogP contribution in [-0.2, 0) is 0 Å². The average molecular weight is 282 g/mol. The van der Waals surface area contributed by atoms with Crippen LogP contribution in [0.3, 0.4) is 0 Å². The van der Waals surface area contributed by atoms with Crippen LogP contribution in [-0.4, -0.2) is 24.4 Å². The van der Waals surface area contributed by atoms with Gasteiger partial charge in [0.25, 0.3) is 5.91 Å². The third-order valence-electron chi connectivity index (χ3n) is 2.93. The van der Waals surface area contributed by atoms with Crippen LogP contribution < -0.4 is 0 Å². The fourth-order valence-corrected chi connectivity index (χ4v) is 2.20. The lowest BCUT2D eigenvalue weighted by Crippen LogP contribution is -2.29. The maximum Gasteiger partial charge on any atom is 0.254 e. The minimum absolute atomic E-state index is 0.113. The molecular formula is C13H16BrNO. The second-order valence-electron chi connectivity index (χ2n) is 4.61. The van der Waals surface area contributed by atoms with Crippen LogP contribution in [0.1, 0.15) is 28.8 Å². The lowest BCUT2D eigenvalue weighted by molar-refractivity contribution is 0.0787. The number of aryl methyl sites for hydroxylation is 1. The van der Waals surface area contributed by atoms with E-state index in [1.165, 1.54) is 12.8 Å². The molecule has 0 bridgehead atoms. The average Bonchev–Trinajstić information content (AvgIpc) is 3.04. The van der Waals surface area contributed by atoms with Crippen molar-refractivity contribution in [3.8, 4) is 0 Å². The SMILES string of the molecule is Cc1ccc(Br)c(C(=O)N(C)CC2CC2)c1. The number of amides is 1. The Bertz CT molecular complexity index is 412. The van der Waals surface area contributed by atoms with Crippen LogP contribution in [0.5, 0.6) is 0 Å². The van der Waals surface area contributed by atoms with Gasteiger partial charge >= 0.3 is 0 Å². The zero-order valence-electron chi connectivity index (χ0n) is 9.66. The summed E-state index contributed by atoms with van der Waals surface area (Å²) in [5.41, 5.74) is 1.88. The van der Waals surface area contributed by atoms with Gasteiger partial charge in [0.1, 0.15) is 0 Å². The summed E-state index contributed by atoms with van der Waals surface area (Å²) in [6.07, 6.45) is 2.54. The van der Waals surface area contributed by atoms with Crippen molar-refractivity contribution in [3.05, 3.63) is 33.8 Å². The molecule has 1 saturated carbocycles. The van der Waals surface area contributed by atoms with Gasteiger partial charge in [0.05, 0.1) is 5.56 Å². The number of carbonyl (C=O) groups excluding carboxylic acids is 1. The normalized spacial score (nSPS) is 14.9. The highest BCUT2D eigenvalue weighted by molar-refractivity contribution is 9.10. The zero-order valence-corrected chi connectivity index (χ0v) is 11.3. The molecule has 0 atom stereocenters. The molecule has 0 saturated heterocycles. The number of rotatable bonds is 3. The van der Waals surface area contributed by atoms with E-state index in [1.807, 2.05) is 37.1 Å². The van der Waals surface area contributed by atoms with Gasteiger partial charge in [-0.15, -0.1) is 0 Å². The number of benzene rings is 1. The largest absolute Gasteiger partial charge is 0.341 e. The monoisotopic (exact) mass is 281 g/mol.